The van der Waals surface area contributed by atoms with Gasteiger partial charge in [-0.3, -0.25) is 0 Å². The molecule has 9 heteroatoms. The van der Waals surface area contributed by atoms with E-state index in [1.54, 1.807) is 11.3 Å². The standard InChI is InChI=1S/C21H28N8S/c1-14(2)20-28-29-21(30-20)15-5-3-6-17(11-15)27-19(26-13-23)18-16(7-10-25-18)12-24-9-4-8-22/h3,5-7,10-11,13-14,24-25H,4,8-9,12,22H2,1-2H3,(H2,23,26,27). The molecule has 0 amide bonds. The average Bonchev–Trinajstić information content (AvgIpc) is 3.41. The SMILES string of the molecule is CC(C)c1nnc(-c2cccc(N=C(N=CN)c3[nH]ccc3CNCCCN)c2)s1. The highest BCUT2D eigenvalue weighted by Crippen LogP contribution is 2.30. The predicted molar refractivity (Wildman–Crippen MR) is 124 cm³/mol. The van der Waals surface area contributed by atoms with E-state index in [0.717, 1.165) is 45.5 Å². The summed E-state index contributed by atoms with van der Waals surface area (Å²) >= 11 is 1.60. The number of nitrogens with two attached hydrogens (primary N) is 2. The fourth-order valence-electron chi connectivity index (χ4n) is 2.84. The first-order valence-corrected chi connectivity index (χ1v) is 10.8. The smallest absolute Gasteiger partial charge is 0.178 e. The number of nitrogens with zero attached hydrogens (tertiary/aromatic N) is 4. The Hall–Kier alpha value is -2.88. The zero-order valence-corrected chi connectivity index (χ0v) is 18.1. The highest BCUT2D eigenvalue weighted by Gasteiger charge is 2.12. The lowest BCUT2D eigenvalue weighted by Crippen LogP contribution is -2.19. The van der Waals surface area contributed by atoms with Crippen molar-refractivity contribution in [3.8, 4) is 10.6 Å². The summed E-state index contributed by atoms with van der Waals surface area (Å²) in [6, 6.07) is 9.90. The van der Waals surface area contributed by atoms with Gasteiger partial charge in [-0.1, -0.05) is 37.3 Å². The maximum Gasteiger partial charge on any atom is 0.178 e. The van der Waals surface area contributed by atoms with Crippen LogP contribution < -0.4 is 16.8 Å². The normalized spacial score (nSPS) is 12.3. The van der Waals surface area contributed by atoms with Crippen LogP contribution in [0.25, 0.3) is 10.6 Å². The molecule has 8 nitrogen and oxygen atoms in total. The summed E-state index contributed by atoms with van der Waals surface area (Å²) in [4.78, 5) is 12.3. The van der Waals surface area contributed by atoms with Crippen LogP contribution in [-0.4, -0.2) is 40.4 Å². The van der Waals surface area contributed by atoms with Gasteiger partial charge in [0.25, 0.3) is 0 Å². The lowest BCUT2D eigenvalue weighted by molar-refractivity contribution is 0.655. The molecule has 3 rings (SSSR count). The van der Waals surface area contributed by atoms with Gasteiger partial charge in [0.15, 0.2) is 5.84 Å². The minimum Gasteiger partial charge on any atom is -0.390 e. The van der Waals surface area contributed by atoms with Crippen molar-refractivity contribution in [3.63, 3.8) is 0 Å². The van der Waals surface area contributed by atoms with E-state index < -0.39 is 0 Å². The third kappa shape index (κ3) is 5.59. The van der Waals surface area contributed by atoms with E-state index in [9.17, 15) is 0 Å². The fourth-order valence-corrected chi connectivity index (χ4v) is 3.68. The average molecular weight is 425 g/mol. The first-order valence-electron chi connectivity index (χ1n) is 9.96. The van der Waals surface area contributed by atoms with Crippen molar-refractivity contribution in [3.05, 3.63) is 52.8 Å². The number of aromatic amines is 1. The molecule has 0 fully saturated rings. The molecule has 0 unspecified atom stereocenters. The summed E-state index contributed by atoms with van der Waals surface area (Å²) in [5, 5.41) is 13.9. The molecule has 2 aromatic heterocycles. The Balaban J connectivity index is 1.87. The van der Waals surface area contributed by atoms with Gasteiger partial charge in [-0.15, -0.1) is 10.2 Å². The number of hydrogen-bond acceptors (Lipinski definition) is 6. The zero-order chi connectivity index (χ0) is 21.3. The fraction of sp³-hybridized carbons (Fsp3) is 0.333. The van der Waals surface area contributed by atoms with Gasteiger partial charge in [0.05, 0.1) is 17.7 Å². The van der Waals surface area contributed by atoms with Crippen molar-refractivity contribution in [2.75, 3.05) is 13.1 Å². The van der Waals surface area contributed by atoms with Crippen molar-refractivity contribution in [1.82, 2.24) is 20.5 Å². The molecule has 0 aliphatic carbocycles. The first-order chi connectivity index (χ1) is 14.6. The van der Waals surface area contributed by atoms with E-state index in [-0.39, 0.29) is 0 Å². The van der Waals surface area contributed by atoms with Crippen molar-refractivity contribution in [2.24, 2.45) is 21.5 Å². The monoisotopic (exact) mass is 424 g/mol. The molecule has 0 saturated carbocycles. The summed E-state index contributed by atoms with van der Waals surface area (Å²) in [6.45, 7) is 6.44. The van der Waals surface area contributed by atoms with Gasteiger partial charge in [-0.2, -0.15) is 0 Å². The summed E-state index contributed by atoms with van der Waals surface area (Å²) in [6.07, 6.45) is 4.06. The quantitative estimate of drug-likeness (QED) is 0.238. The second kappa shape index (κ2) is 10.8. The largest absolute Gasteiger partial charge is 0.390 e. The van der Waals surface area contributed by atoms with Gasteiger partial charge in [0, 0.05) is 24.2 Å². The maximum absolute atomic E-state index is 5.60. The van der Waals surface area contributed by atoms with Crippen LogP contribution >= 0.6 is 11.3 Å². The van der Waals surface area contributed by atoms with Crippen LogP contribution in [0.2, 0.25) is 0 Å². The molecule has 0 aliphatic heterocycles. The topological polar surface area (TPSA) is 130 Å². The van der Waals surface area contributed by atoms with E-state index in [2.05, 4.69) is 39.3 Å². The molecule has 1 aromatic carbocycles. The molecular weight excluding hydrogens is 396 g/mol. The lowest BCUT2D eigenvalue weighted by Gasteiger charge is -2.06. The van der Waals surface area contributed by atoms with Crippen LogP contribution in [0.1, 0.15) is 42.5 Å². The van der Waals surface area contributed by atoms with E-state index in [4.69, 9.17) is 16.5 Å². The highest BCUT2D eigenvalue weighted by atomic mass is 32.1. The number of benzene rings is 1. The van der Waals surface area contributed by atoms with Crippen molar-refractivity contribution < 1.29 is 0 Å². The molecule has 0 spiro atoms. The molecule has 0 atom stereocenters. The lowest BCUT2D eigenvalue weighted by atomic mass is 10.2. The van der Waals surface area contributed by atoms with Crippen molar-refractivity contribution >= 4 is 29.2 Å². The van der Waals surface area contributed by atoms with Crippen molar-refractivity contribution in [2.45, 2.75) is 32.7 Å². The van der Waals surface area contributed by atoms with Crippen molar-refractivity contribution in [1.29, 1.82) is 0 Å². The van der Waals surface area contributed by atoms with Gasteiger partial charge >= 0.3 is 0 Å². The van der Waals surface area contributed by atoms with Gasteiger partial charge in [0.1, 0.15) is 10.0 Å². The maximum atomic E-state index is 5.60. The predicted octanol–water partition coefficient (Wildman–Crippen LogP) is 3.16. The Kier molecular flexibility index (Phi) is 7.83. The molecular formula is C21H28N8S. The Morgan fingerprint density at radius 2 is 2.17 bits per heavy atom. The van der Waals surface area contributed by atoms with E-state index >= 15 is 0 Å². The van der Waals surface area contributed by atoms with Crippen LogP contribution in [0, 0.1) is 0 Å². The Labute approximate surface area is 180 Å². The van der Waals surface area contributed by atoms with Crippen LogP contribution in [0.4, 0.5) is 5.69 Å². The Morgan fingerprint density at radius 3 is 2.90 bits per heavy atom. The summed E-state index contributed by atoms with van der Waals surface area (Å²) in [7, 11) is 0. The number of nitrogens with one attached hydrogen (secondary N) is 2. The third-order valence-electron chi connectivity index (χ3n) is 4.39. The Morgan fingerprint density at radius 1 is 1.30 bits per heavy atom. The minimum atomic E-state index is 0.354. The Bertz CT molecular complexity index is 1000. The van der Waals surface area contributed by atoms with E-state index in [1.807, 2.05) is 36.5 Å². The number of amidine groups is 1. The molecule has 0 aliphatic rings. The number of rotatable bonds is 9. The second-order valence-electron chi connectivity index (χ2n) is 7.06. The van der Waals surface area contributed by atoms with Gasteiger partial charge < -0.3 is 21.8 Å². The second-order valence-corrected chi connectivity index (χ2v) is 8.07. The van der Waals surface area contributed by atoms with Crippen LogP contribution in [0.15, 0.2) is 46.5 Å². The summed E-state index contributed by atoms with van der Waals surface area (Å²) in [5.74, 6) is 0.878. The number of aromatic nitrogens is 3. The molecule has 3 aromatic rings. The number of aliphatic imine (C=N–C) groups is 2. The number of hydrogen-bond donors (Lipinski definition) is 4. The zero-order valence-electron chi connectivity index (χ0n) is 17.3. The molecule has 158 valence electrons. The molecule has 0 radical (unpaired) electrons. The van der Waals surface area contributed by atoms with Crippen LogP contribution in [-0.2, 0) is 6.54 Å². The summed E-state index contributed by atoms with van der Waals surface area (Å²) in [5.41, 5.74) is 14.8. The molecule has 0 saturated heterocycles. The van der Waals surface area contributed by atoms with E-state index in [1.165, 1.54) is 6.34 Å². The van der Waals surface area contributed by atoms with Crippen LogP contribution in [0.3, 0.4) is 0 Å². The first kappa shape index (κ1) is 21.8. The third-order valence-corrected chi connectivity index (χ3v) is 5.66. The van der Waals surface area contributed by atoms with Gasteiger partial charge in [-0.25, -0.2) is 9.98 Å². The van der Waals surface area contributed by atoms with Gasteiger partial charge in [-0.05, 0) is 43.3 Å². The molecule has 6 N–H and O–H groups in total. The van der Waals surface area contributed by atoms with Gasteiger partial charge in [0.2, 0.25) is 0 Å². The minimum absolute atomic E-state index is 0.354. The molecule has 30 heavy (non-hydrogen) atoms. The number of H-pyrrole nitrogens is 1. The highest BCUT2D eigenvalue weighted by molar-refractivity contribution is 7.14. The van der Waals surface area contributed by atoms with E-state index in [0.29, 0.717) is 24.8 Å². The molecule has 2 heterocycles. The van der Waals surface area contributed by atoms with Crippen LogP contribution in [0.5, 0.6) is 0 Å². The summed E-state index contributed by atoms with van der Waals surface area (Å²) < 4.78 is 0. The molecule has 0 bridgehead atoms.